The molecule has 1 aromatic carbocycles. The van der Waals surface area contributed by atoms with E-state index in [1.807, 2.05) is 12.1 Å². The van der Waals surface area contributed by atoms with Crippen molar-refractivity contribution < 1.29 is 4.39 Å². The minimum atomic E-state index is -0.367. The number of rotatable bonds is 9. The molecule has 7 nitrogen and oxygen atoms in total. The van der Waals surface area contributed by atoms with Crippen molar-refractivity contribution >= 4 is 28.2 Å². The molecule has 1 aliphatic rings. The van der Waals surface area contributed by atoms with Gasteiger partial charge in [-0.2, -0.15) is 0 Å². The van der Waals surface area contributed by atoms with Gasteiger partial charge in [-0.15, -0.1) is 12.8 Å². The number of aromatic nitrogens is 4. The zero-order valence-electron chi connectivity index (χ0n) is 22.5. The monoisotopic (exact) mass is 525 g/mol. The van der Waals surface area contributed by atoms with Gasteiger partial charge in [0.25, 0.3) is 0 Å². The molecule has 1 aliphatic heterocycles. The molecule has 202 valence electrons. The third-order valence-corrected chi connectivity index (χ3v) is 6.94. The van der Waals surface area contributed by atoms with Gasteiger partial charge in [0.1, 0.15) is 17.2 Å². The summed E-state index contributed by atoms with van der Waals surface area (Å²) in [6.07, 6.45) is 20.1. The number of anilines is 3. The quantitative estimate of drug-likeness (QED) is 0.166. The first kappa shape index (κ1) is 27.6. The van der Waals surface area contributed by atoms with Crippen molar-refractivity contribution in [1.29, 1.82) is 0 Å². The molecule has 39 heavy (non-hydrogen) atoms. The van der Waals surface area contributed by atoms with Crippen molar-refractivity contribution in [3.05, 3.63) is 72.3 Å². The van der Waals surface area contributed by atoms with Crippen LogP contribution in [0.1, 0.15) is 56.8 Å². The van der Waals surface area contributed by atoms with Crippen LogP contribution in [0.3, 0.4) is 0 Å². The lowest BCUT2D eigenvalue weighted by atomic mass is 9.99. The molecule has 1 saturated heterocycles. The molecule has 0 atom stereocenters. The van der Waals surface area contributed by atoms with E-state index >= 15 is 4.39 Å². The van der Waals surface area contributed by atoms with E-state index in [1.54, 1.807) is 30.7 Å². The second-order valence-electron chi connectivity index (χ2n) is 9.73. The SMILES string of the molecule is C#C.C=C(CCCC)Nc1cncc(-c2ccc(N)c(Cc3nc4nccc(N5CCCCC5)c4[nH]3)c2F)c1. The van der Waals surface area contributed by atoms with E-state index in [0.717, 1.165) is 54.9 Å². The van der Waals surface area contributed by atoms with E-state index in [2.05, 4.69) is 56.5 Å². The average molecular weight is 526 g/mol. The Balaban J connectivity index is 0.00000172. The molecule has 1 fully saturated rings. The Morgan fingerprint density at radius 2 is 1.97 bits per heavy atom. The van der Waals surface area contributed by atoms with Crippen LogP contribution in [0, 0.1) is 18.7 Å². The van der Waals surface area contributed by atoms with Gasteiger partial charge in [-0.3, -0.25) is 4.98 Å². The molecule has 0 unspecified atom stereocenters. The van der Waals surface area contributed by atoms with Gasteiger partial charge in [0.15, 0.2) is 5.65 Å². The predicted octanol–water partition coefficient (Wildman–Crippen LogP) is 6.69. The number of nitrogens with two attached hydrogens (primary N) is 1. The van der Waals surface area contributed by atoms with Crippen LogP contribution in [0.5, 0.6) is 0 Å². The fourth-order valence-corrected chi connectivity index (χ4v) is 4.95. The number of nitrogens with one attached hydrogen (secondary N) is 2. The number of H-pyrrole nitrogens is 1. The van der Waals surface area contributed by atoms with Crippen LogP contribution in [-0.4, -0.2) is 33.0 Å². The smallest absolute Gasteiger partial charge is 0.179 e. The molecule has 0 spiro atoms. The number of terminal acetylenes is 1. The van der Waals surface area contributed by atoms with Crippen molar-refractivity contribution in [2.45, 2.75) is 51.9 Å². The normalized spacial score (nSPS) is 13.1. The summed E-state index contributed by atoms with van der Waals surface area (Å²) < 4.78 is 15.9. The molecule has 0 amide bonds. The summed E-state index contributed by atoms with van der Waals surface area (Å²) in [7, 11) is 0. The van der Waals surface area contributed by atoms with Gasteiger partial charge in [0, 0.05) is 60.0 Å². The number of nitrogen functional groups attached to an aromatic ring is 1. The highest BCUT2D eigenvalue weighted by molar-refractivity contribution is 5.86. The highest BCUT2D eigenvalue weighted by Crippen LogP contribution is 2.32. The number of nitrogens with zero attached hydrogens (tertiary/aromatic N) is 4. The maximum absolute atomic E-state index is 15.9. The molecule has 0 bridgehead atoms. The minimum absolute atomic E-state index is 0.237. The van der Waals surface area contributed by atoms with E-state index in [4.69, 9.17) is 5.73 Å². The number of fused-ring (bicyclic) bond motifs is 1. The minimum Gasteiger partial charge on any atom is -0.398 e. The second-order valence-corrected chi connectivity index (χ2v) is 9.73. The van der Waals surface area contributed by atoms with Crippen molar-refractivity contribution in [3.63, 3.8) is 0 Å². The lowest BCUT2D eigenvalue weighted by molar-refractivity contribution is 0.578. The Bertz CT molecular complexity index is 1450. The van der Waals surface area contributed by atoms with E-state index in [-0.39, 0.29) is 12.2 Å². The van der Waals surface area contributed by atoms with Crippen molar-refractivity contribution in [2.75, 3.05) is 29.0 Å². The summed E-state index contributed by atoms with van der Waals surface area (Å²) in [6, 6.07) is 7.36. The molecule has 0 saturated carbocycles. The zero-order valence-corrected chi connectivity index (χ0v) is 22.5. The highest BCUT2D eigenvalue weighted by Gasteiger charge is 2.19. The number of allylic oxidation sites excluding steroid dienone is 1. The van der Waals surface area contributed by atoms with Gasteiger partial charge < -0.3 is 20.9 Å². The summed E-state index contributed by atoms with van der Waals surface area (Å²) in [4.78, 5) is 19.2. The molecule has 4 N–H and O–H groups in total. The van der Waals surface area contributed by atoms with Gasteiger partial charge in [0.05, 0.1) is 17.6 Å². The Morgan fingerprint density at radius 3 is 2.74 bits per heavy atom. The Kier molecular flexibility index (Phi) is 9.16. The molecule has 4 heterocycles. The number of benzene rings is 1. The molecule has 8 heteroatoms. The molecule has 0 aliphatic carbocycles. The number of unbranched alkanes of at least 4 members (excludes halogenated alkanes) is 1. The first-order chi connectivity index (χ1) is 19.0. The van der Waals surface area contributed by atoms with Crippen LogP contribution < -0.4 is 16.0 Å². The lowest BCUT2D eigenvalue weighted by Crippen LogP contribution is -2.29. The van der Waals surface area contributed by atoms with Crippen molar-refractivity contribution in [1.82, 2.24) is 19.9 Å². The Hall–Kier alpha value is -4.38. The number of aromatic amines is 1. The van der Waals surface area contributed by atoms with E-state index in [9.17, 15) is 0 Å². The van der Waals surface area contributed by atoms with Crippen LogP contribution in [-0.2, 0) is 6.42 Å². The molecular weight excluding hydrogens is 489 g/mol. The number of halogens is 1. The highest BCUT2D eigenvalue weighted by atomic mass is 19.1. The summed E-state index contributed by atoms with van der Waals surface area (Å²) in [5.41, 5.74) is 12.5. The van der Waals surface area contributed by atoms with Gasteiger partial charge >= 0.3 is 0 Å². The number of piperidine rings is 1. The average Bonchev–Trinajstić information content (AvgIpc) is 3.39. The molecular formula is C31H36FN7. The lowest BCUT2D eigenvalue weighted by Gasteiger charge is -2.28. The third-order valence-electron chi connectivity index (χ3n) is 6.94. The maximum Gasteiger partial charge on any atom is 0.179 e. The van der Waals surface area contributed by atoms with Gasteiger partial charge in [-0.25, -0.2) is 14.4 Å². The summed E-state index contributed by atoms with van der Waals surface area (Å²) >= 11 is 0. The fourth-order valence-electron chi connectivity index (χ4n) is 4.95. The van der Waals surface area contributed by atoms with E-state index in [0.29, 0.717) is 33.8 Å². The second kappa shape index (κ2) is 12.9. The first-order valence-electron chi connectivity index (χ1n) is 13.4. The maximum atomic E-state index is 15.9. The fraction of sp³-hybridized carbons (Fsp3) is 0.323. The first-order valence-corrected chi connectivity index (χ1v) is 13.4. The summed E-state index contributed by atoms with van der Waals surface area (Å²) in [6.45, 7) is 8.27. The molecule has 5 rings (SSSR count). The standard InChI is InChI=1S/C29H34FN7.C2H2/c1-3-4-8-19(2)34-21-15-20(17-32-18-21)22-9-10-24(31)23(27(22)30)16-26-35-28-25(11-12-33-29(28)36-26)37-13-6-5-7-14-37;1-2/h9-12,15,17-18,34H,2-8,13-14,16,31H2,1H3,(H,33,35,36);1-2H. The number of pyridine rings is 2. The number of imidazole rings is 1. The number of hydrogen-bond donors (Lipinski definition) is 3. The van der Waals surface area contributed by atoms with E-state index in [1.165, 1.54) is 19.3 Å². The molecule has 0 radical (unpaired) electrons. The summed E-state index contributed by atoms with van der Waals surface area (Å²) in [5, 5.41) is 3.29. The predicted molar refractivity (Wildman–Crippen MR) is 159 cm³/mol. The van der Waals surface area contributed by atoms with Crippen LogP contribution >= 0.6 is 0 Å². The molecule has 4 aromatic rings. The van der Waals surface area contributed by atoms with Crippen LogP contribution in [0.25, 0.3) is 22.3 Å². The van der Waals surface area contributed by atoms with Crippen molar-refractivity contribution in [2.24, 2.45) is 0 Å². The Morgan fingerprint density at radius 1 is 1.18 bits per heavy atom. The summed E-state index contributed by atoms with van der Waals surface area (Å²) in [5.74, 6) is 0.268. The Labute approximate surface area is 229 Å². The van der Waals surface area contributed by atoms with Crippen LogP contribution in [0.4, 0.5) is 21.5 Å². The zero-order chi connectivity index (χ0) is 27.8. The molecule has 3 aromatic heterocycles. The van der Waals surface area contributed by atoms with Crippen molar-refractivity contribution in [3.8, 4) is 24.0 Å². The van der Waals surface area contributed by atoms with Gasteiger partial charge in [-0.1, -0.05) is 19.9 Å². The van der Waals surface area contributed by atoms with Crippen LogP contribution in [0.2, 0.25) is 0 Å². The van der Waals surface area contributed by atoms with Gasteiger partial charge in [0.2, 0.25) is 0 Å². The third kappa shape index (κ3) is 6.37. The van der Waals surface area contributed by atoms with Gasteiger partial charge in [-0.05, 0) is 56.4 Å². The topological polar surface area (TPSA) is 95.8 Å². The number of hydrogen-bond acceptors (Lipinski definition) is 6. The largest absolute Gasteiger partial charge is 0.398 e. The van der Waals surface area contributed by atoms with Crippen LogP contribution in [0.15, 0.2) is 55.1 Å². The van der Waals surface area contributed by atoms with E-state index < -0.39 is 0 Å².